The van der Waals surface area contributed by atoms with Gasteiger partial charge in [0.05, 0.1) is 6.33 Å². The second-order valence-electron chi connectivity index (χ2n) is 12.5. The number of carbonyl (C=O) groups excluding carboxylic acids is 2. The van der Waals surface area contributed by atoms with E-state index in [1.165, 1.54) is 31.2 Å². The number of anilines is 1. The van der Waals surface area contributed by atoms with Crippen molar-refractivity contribution in [2.24, 2.45) is 34.5 Å². The van der Waals surface area contributed by atoms with Crippen LogP contribution in [0, 0.1) is 34.5 Å². The van der Waals surface area contributed by atoms with Crippen LogP contribution in [0.25, 0.3) is 11.2 Å². The van der Waals surface area contributed by atoms with Gasteiger partial charge in [-0.15, -0.1) is 0 Å². The molecule has 4 aliphatic rings. The highest BCUT2D eigenvalue weighted by atomic mass is 16.2. The van der Waals surface area contributed by atoms with E-state index in [4.69, 9.17) is 5.73 Å². The summed E-state index contributed by atoms with van der Waals surface area (Å²) in [6, 6.07) is 0. The van der Waals surface area contributed by atoms with Crippen molar-refractivity contribution >= 4 is 28.7 Å². The molecule has 0 unspecified atom stereocenters. The van der Waals surface area contributed by atoms with Crippen molar-refractivity contribution in [3.63, 3.8) is 0 Å². The van der Waals surface area contributed by atoms with Crippen molar-refractivity contribution in [1.29, 1.82) is 0 Å². The molecule has 0 spiro atoms. The molecule has 6 atom stereocenters. The molecule has 8 nitrogen and oxygen atoms in total. The zero-order chi connectivity index (χ0) is 25.8. The number of imidazole rings is 1. The van der Waals surface area contributed by atoms with Gasteiger partial charge in [-0.25, -0.2) is 15.0 Å². The minimum Gasteiger partial charge on any atom is -0.382 e. The second-order valence-corrected chi connectivity index (χ2v) is 12.5. The molecular formula is C29H40N6O2. The normalized spacial score (nSPS) is 35.0. The largest absolute Gasteiger partial charge is 0.382 e. The molecule has 8 heteroatoms. The Hall–Kier alpha value is -2.77. The Morgan fingerprint density at radius 1 is 1.08 bits per heavy atom. The molecule has 2 aromatic rings. The highest BCUT2D eigenvalue weighted by Crippen LogP contribution is 2.66. The van der Waals surface area contributed by atoms with Gasteiger partial charge in [0.25, 0.3) is 0 Å². The highest BCUT2D eigenvalue weighted by Gasteiger charge is 2.60. The van der Waals surface area contributed by atoms with Gasteiger partial charge in [-0.3, -0.25) is 9.59 Å². The number of nitrogen functional groups attached to an aromatic ring is 1. The number of nitrogens with one attached hydrogen (secondary N) is 1. The fraction of sp³-hybridized carbons (Fsp3) is 0.690. The van der Waals surface area contributed by atoms with E-state index in [0.29, 0.717) is 47.8 Å². The molecule has 4 aliphatic carbocycles. The summed E-state index contributed by atoms with van der Waals surface area (Å²) in [6.45, 7) is 6.32. The SMILES string of the molecule is C[C@]12CC[C@H]3[C@@H](CCC4=CC(=O)CC[C@@]43C)[C@@H]1CC[C@@H]2C(=O)NCCCCn1cnc2c(N)ncnc21. The summed E-state index contributed by atoms with van der Waals surface area (Å²) in [5, 5.41) is 3.28. The maximum atomic E-state index is 13.4. The first kappa shape index (κ1) is 24.6. The molecule has 0 aromatic carbocycles. The number of nitrogens with zero attached hydrogens (tertiary/aromatic N) is 4. The maximum Gasteiger partial charge on any atom is 0.223 e. The number of hydrogen-bond acceptors (Lipinski definition) is 6. The smallest absolute Gasteiger partial charge is 0.223 e. The van der Waals surface area contributed by atoms with Crippen LogP contribution >= 0.6 is 0 Å². The molecule has 3 N–H and O–H groups in total. The van der Waals surface area contributed by atoms with Crippen LogP contribution in [0.2, 0.25) is 0 Å². The van der Waals surface area contributed by atoms with Crippen LogP contribution in [-0.4, -0.2) is 37.8 Å². The van der Waals surface area contributed by atoms with E-state index >= 15 is 0 Å². The number of hydrogen-bond donors (Lipinski definition) is 2. The number of nitrogens with two attached hydrogens (primary N) is 1. The van der Waals surface area contributed by atoms with Crippen molar-refractivity contribution in [3.8, 4) is 0 Å². The molecule has 3 fully saturated rings. The molecule has 1 amide bonds. The molecule has 198 valence electrons. The quantitative estimate of drug-likeness (QED) is 0.562. The van der Waals surface area contributed by atoms with E-state index in [2.05, 4.69) is 34.1 Å². The van der Waals surface area contributed by atoms with E-state index in [1.807, 2.05) is 10.6 Å². The number of aryl methyl sites for hydroxylation is 1. The van der Waals surface area contributed by atoms with Gasteiger partial charge < -0.3 is 15.6 Å². The lowest BCUT2D eigenvalue weighted by Crippen LogP contribution is -2.52. The van der Waals surface area contributed by atoms with Gasteiger partial charge in [0.1, 0.15) is 11.8 Å². The summed E-state index contributed by atoms with van der Waals surface area (Å²) in [7, 11) is 0. The van der Waals surface area contributed by atoms with Crippen LogP contribution in [0.5, 0.6) is 0 Å². The summed E-state index contributed by atoms with van der Waals surface area (Å²) in [4.78, 5) is 38.1. The third kappa shape index (κ3) is 3.98. The van der Waals surface area contributed by atoms with Crippen LogP contribution in [0.15, 0.2) is 24.3 Å². The molecule has 6 rings (SSSR count). The lowest BCUT2D eigenvalue weighted by atomic mass is 9.47. The average Bonchev–Trinajstić information content (AvgIpc) is 3.46. The van der Waals surface area contributed by atoms with E-state index in [-0.39, 0.29) is 22.7 Å². The second kappa shape index (κ2) is 9.21. The molecule has 0 aliphatic heterocycles. The molecule has 37 heavy (non-hydrogen) atoms. The number of aromatic nitrogens is 4. The van der Waals surface area contributed by atoms with Crippen molar-refractivity contribution < 1.29 is 9.59 Å². The zero-order valence-corrected chi connectivity index (χ0v) is 22.2. The summed E-state index contributed by atoms with van der Waals surface area (Å²) < 4.78 is 2.00. The van der Waals surface area contributed by atoms with E-state index in [0.717, 1.165) is 50.7 Å². The van der Waals surface area contributed by atoms with Gasteiger partial charge in [0.15, 0.2) is 17.2 Å². The van der Waals surface area contributed by atoms with Gasteiger partial charge >= 0.3 is 0 Å². The molecule has 2 heterocycles. The molecular weight excluding hydrogens is 464 g/mol. The summed E-state index contributed by atoms with van der Waals surface area (Å²) in [5.41, 5.74) is 9.00. The van der Waals surface area contributed by atoms with Gasteiger partial charge in [-0.1, -0.05) is 19.4 Å². The molecule has 0 radical (unpaired) electrons. The third-order valence-electron chi connectivity index (χ3n) is 10.8. The van der Waals surface area contributed by atoms with Gasteiger partial charge in [0.2, 0.25) is 5.91 Å². The Balaban J connectivity index is 1.04. The Kier molecular flexibility index (Phi) is 6.11. The standard InChI is InChI=1S/C29H40N6O2/c1-28-11-9-19(36)15-18(28)5-6-20-21-7-8-23(29(21,2)12-10-22(20)28)27(37)31-13-3-4-14-35-17-34-24-25(30)32-16-33-26(24)35/h15-17,20-23H,3-14H2,1-2H3,(H,31,37)(H2,30,32,33)/t20-,21-,22-,23+,28-,29-/m0/s1. The number of fused-ring (bicyclic) bond motifs is 6. The minimum absolute atomic E-state index is 0.0999. The van der Waals surface area contributed by atoms with E-state index in [9.17, 15) is 9.59 Å². The first-order valence-corrected chi connectivity index (χ1v) is 14.2. The van der Waals surface area contributed by atoms with Gasteiger partial charge in [-0.05, 0) is 92.4 Å². The lowest BCUT2D eigenvalue weighted by molar-refractivity contribution is -0.132. The van der Waals surface area contributed by atoms with Crippen molar-refractivity contribution in [1.82, 2.24) is 24.8 Å². The minimum atomic E-state index is 0.0999. The maximum absolute atomic E-state index is 13.4. The predicted octanol–water partition coefficient (Wildman–Crippen LogP) is 4.45. The number of allylic oxidation sites excluding steroid dienone is 1. The Morgan fingerprint density at radius 2 is 1.95 bits per heavy atom. The highest BCUT2D eigenvalue weighted by molar-refractivity contribution is 5.91. The Bertz CT molecular complexity index is 1250. The summed E-state index contributed by atoms with van der Waals surface area (Å²) >= 11 is 0. The fourth-order valence-corrected chi connectivity index (χ4v) is 8.79. The topological polar surface area (TPSA) is 116 Å². The first-order chi connectivity index (χ1) is 17.8. The van der Waals surface area contributed by atoms with E-state index in [1.54, 1.807) is 6.33 Å². The molecule has 2 aromatic heterocycles. The van der Waals surface area contributed by atoms with Crippen molar-refractivity contribution in [2.75, 3.05) is 12.3 Å². The Morgan fingerprint density at radius 3 is 2.81 bits per heavy atom. The van der Waals surface area contributed by atoms with Crippen LogP contribution in [0.3, 0.4) is 0 Å². The molecule has 0 saturated heterocycles. The van der Waals surface area contributed by atoms with Crippen molar-refractivity contribution in [3.05, 3.63) is 24.3 Å². The van der Waals surface area contributed by atoms with Gasteiger partial charge in [-0.2, -0.15) is 0 Å². The Labute approximate surface area is 218 Å². The summed E-state index contributed by atoms with van der Waals surface area (Å²) in [6.07, 6.45) is 15.5. The first-order valence-electron chi connectivity index (χ1n) is 14.2. The zero-order valence-electron chi connectivity index (χ0n) is 22.2. The van der Waals surface area contributed by atoms with Crippen LogP contribution < -0.4 is 11.1 Å². The number of carbonyl (C=O) groups is 2. The predicted molar refractivity (Wildman–Crippen MR) is 142 cm³/mol. The lowest BCUT2D eigenvalue weighted by Gasteiger charge is -2.58. The summed E-state index contributed by atoms with van der Waals surface area (Å²) in [5.74, 6) is 3.08. The van der Waals surface area contributed by atoms with Crippen LogP contribution in [0.1, 0.15) is 78.1 Å². The van der Waals surface area contributed by atoms with Crippen LogP contribution in [-0.2, 0) is 16.1 Å². The number of unbranched alkanes of at least 4 members (excludes halogenated alkanes) is 1. The average molecular weight is 505 g/mol. The number of ketones is 1. The molecule has 0 bridgehead atoms. The number of amides is 1. The van der Waals surface area contributed by atoms with Gasteiger partial charge in [0, 0.05) is 25.4 Å². The number of rotatable bonds is 6. The fourth-order valence-electron chi connectivity index (χ4n) is 8.79. The third-order valence-corrected chi connectivity index (χ3v) is 10.8. The van der Waals surface area contributed by atoms with Crippen LogP contribution in [0.4, 0.5) is 5.82 Å². The van der Waals surface area contributed by atoms with Crippen molar-refractivity contribution in [2.45, 2.75) is 84.6 Å². The molecule has 3 saturated carbocycles. The van der Waals surface area contributed by atoms with E-state index < -0.39 is 0 Å². The monoisotopic (exact) mass is 504 g/mol.